The molecule has 0 radical (unpaired) electrons. The van der Waals surface area contributed by atoms with Crippen molar-refractivity contribution in [1.29, 1.82) is 0 Å². The van der Waals surface area contributed by atoms with Crippen LogP contribution in [-0.2, 0) is 0 Å². The Morgan fingerprint density at radius 1 is 1.35 bits per heavy atom. The molecule has 1 aliphatic carbocycles. The Morgan fingerprint density at radius 2 is 2.20 bits per heavy atom. The lowest BCUT2D eigenvalue weighted by molar-refractivity contribution is 0.405. The molecule has 4 nitrogen and oxygen atoms in total. The molecule has 0 bridgehead atoms. The van der Waals surface area contributed by atoms with Crippen LogP contribution in [-0.4, -0.2) is 35.4 Å². The second-order valence-corrected chi connectivity index (χ2v) is 6.49. The highest BCUT2D eigenvalue weighted by Crippen LogP contribution is 2.33. The van der Waals surface area contributed by atoms with E-state index in [1.165, 1.54) is 25.7 Å². The maximum absolute atomic E-state index is 5.25. The van der Waals surface area contributed by atoms with Gasteiger partial charge in [-0.15, -0.1) is 0 Å². The van der Waals surface area contributed by atoms with Gasteiger partial charge >= 0.3 is 0 Å². The first kappa shape index (κ1) is 13.8. The largest absolute Gasteiger partial charge is 0.497 e. The summed E-state index contributed by atoms with van der Waals surface area (Å²) in [6.07, 6.45) is 5.18. The molecule has 1 aromatic carbocycles. The lowest BCUT2D eigenvalue weighted by atomic mass is 9.95. The Bertz CT molecular complexity index is 584. The number of ether oxygens (including phenoxy) is 1. The quantitative estimate of drug-likeness (QED) is 0.908. The fourth-order valence-corrected chi connectivity index (χ4v) is 4.19. The summed E-state index contributed by atoms with van der Waals surface area (Å²) in [5.74, 6) is 0.864. The molecule has 0 amide bonds. The highest BCUT2D eigenvalue weighted by atomic mass is 32.2. The molecule has 0 spiro atoms. The number of rotatable bonds is 4. The van der Waals surface area contributed by atoms with Gasteiger partial charge in [0.25, 0.3) is 0 Å². The Kier molecular flexibility index (Phi) is 4.17. The molecule has 2 unspecified atom stereocenters. The first-order valence-electron chi connectivity index (χ1n) is 7.18. The number of methoxy groups -OCH3 is 1. The number of nitrogens with one attached hydrogen (secondary N) is 2. The van der Waals surface area contributed by atoms with Crippen molar-refractivity contribution >= 4 is 22.8 Å². The molecule has 5 heteroatoms. The molecule has 3 rings (SSSR count). The Balaban J connectivity index is 1.79. The molecule has 2 atom stereocenters. The molecule has 1 aliphatic rings. The highest BCUT2D eigenvalue weighted by molar-refractivity contribution is 7.99. The Hall–Kier alpha value is -1.20. The third-order valence-electron chi connectivity index (χ3n) is 4.00. The van der Waals surface area contributed by atoms with Crippen LogP contribution in [0.4, 0.5) is 0 Å². The molecule has 2 aromatic rings. The van der Waals surface area contributed by atoms with Crippen LogP contribution < -0.4 is 10.1 Å². The topological polar surface area (TPSA) is 49.9 Å². The first-order valence-corrected chi connectivity index (χ1v) is 8.06. The molecule has 20 heavy (non-hydrogen) atoms. The monoisotopic (exact) mass is 291 g/mol. The number of imidazole rings is 1. The number of aromatic amines is 1. The van der Waals surface area contributed by atoms with E-state index in [4.69, 9.17) is 4.74 Å². The summed E-state index contributed by atoms with van der Waals surface area (Å²) in [6, 6.07) is 6.55. The van der Waals surface area contributed by atoms with E-state index >= 15 is 0 Å². The van der Waals surface area contributed by atoms with Crippen molar-refractivity contribution in [2.24, 2.45) is 0 Å². The Labute approximate surface area is 123 Å². The average molecular weight is 291 g/mol. The summed E-state index contributed by atoms with van der Waals surface area (Å²) in [6.45, 7) is 0. The summed E-state index contributed by atoms with van der Waals surface area (Å²) >= 11 is 1.87. The zero-order chi connectivity index (χ0) is 13.9. The number of hydrogen-bond acceptors (Lipinski definition) is 4. The van der Waals surface area contributed by atoms with Crippen molar-refractivity contribution < 1.29 is 4.74 Å². The first-order chi connectivity index (χ1) is 9.80. The molecular formula is C15H21N3OS. The Morgan fingerprint density at radius 3 is 3.00 bits per heavy atom. The summed E-state index contributed by atoms with van der Waals surface area (Å²) in [5, 5.41) is 5.07. The summed E-state index contributed by atoms with van der Waals surface area (Å²) in [5.41, 5.74) is 2.05. The van der Waals surface area contributed by atoms with Crippen molar-refractivity contribution in [1.82, 2.24) is 15.3 Å². The van der Waals surface area contributed by atoms with E-state index in [0.29, 0.717) is 11.3 Å². The van der Waals surface area contributed by atoms with Gasteiger partial charge in [-0.1, -0.05) is 24.6 Å². The maximum Gasteiger partial charge on any atom is 0.166 e. The molecular weight excluding hydrogens is 270 g/mol. The number of fused-ring (bicyclic) bond motifs is 1. The minimum absolute atomic E-state index is 0.594. The van der Waals surface area contributed by atoms with Crippen molar-refractivity contribution in [3.05, 3.63) is 18.2 Å². The number of benzene rings is 1. The number of thioether (sulfide) groups is 1. The van der Waals surface area contributed by atoms with Crippen LogP contribution in [0.2, 0.25) is 0 Å². The molecule has 1 fully saturated rings. The molecule has 0 aliphatic heterocycles. The van der Waals surface area contributed by atoms with Gasteiger partial charge in [-0.25, -0.2) is 4.98 Å². The maximum atomic E-state index is 5.25. The predicted molar refractivity (Wildman–Crippen MR) is 83.6 cm³/mol. The summed E-state index contributed by atoms with van der Waals surface area (Å²) in [7, 11) is 3.75. The minimum Gasteiger partial charge on any atom is -0.497 e. The van der Waals surface area contributed by atoms with E-state index < -0.39 is 0 Å². The van der Waals surface area contributed by atoms with Gasteiger partial charge in [-0.2, -0.15) is 0 Å². The fourth-order valence-electron chi connectivity index (χ4n) is 2.86. The van der Waals surface area contributed by atoms with Crippen molar-refractivity contribution in [3.63, 3.8) is 0 Å². The normalized spacial score (nSPS) is 23.1. The third-order valence-corrected chi connectivity index (χ3v) is 5.29. The van der Waals surface area contributed by atoms with Gasteiger partial charge in [-0.3, -0.25) is 0 Å². The minimum atomic E-state index is 0.594. The van der Waals surface area contributed by atoms with Gasteiger partial charge in [0, 0.05) is 17.4 Å². The molecule has 2 N–H and O–H groups in total. The van der Waals surface area contributed by atoms with Crippen LogP contribution in [0, 0.1) is 0 Å². The second kappa shape index (κ2) is 6.06. The molecule has 0 saturated heterocycles. The molecule has 1 saturated carbocycles. The van der Waals surface area contributed by atoms with Crippen LogP contribution in [0.15, 0.2) is 23.4 Å². The standard InChI is InChI=1S/C15H21N3OS/c1-16-12-5-3-4-6-14(12)20-15-17-11-8-7-10(19-2)9-13(11)18-15/h7-9,12,14,16H,3-6H2,1-2H3,(H,17,18). The number of H-pyrrole nitrogens is 1. The van der Waals surface area contributed by atoms with E-state index in [0.717, 1.165) is 21.9 Å². The lowest BCUT2D eigenvalue weighted by Gasteiger charge is -2.29. The van der Waals surface area contributed by atoms with Crippen LogP contribution >= 0.6 is 11.8 Å². The second-order valence-electron chi connectivity index (χ2n) is 5.26. The zero-order valence-corrected chi connectivity index (χ0v) is 12.8. The summed E-state index contributed by atoms with van der Waals surface area (Å²) < 4.78 is 5.25. The smallest absolute Gasteiger partial charge is 0.166 e. The van der Waals surface area contributed by atoms with Gasteiger partial charge in [0.2, 0.25) is 0 Å². The number of nitrogens with zero attached hydrogens (tertiary/aromatic N) is 1. The van der Waals surface area contributed by atoms with E-state index in [2.05, 4.69) is 22.3 Å². The highest BCUT2D eigenvalue weighted by Gasteiger charge is 2.25. The van der Waals surface area contributed by atoms with Crippen LogP contribution in [0.25, 0.3) is 11.0 Å². The molecule has 1 aromatic heterocycles. The number of hydrogen-bond donors (Lipinski definition) is 2. The molecule has 1 heterocycles. The molecule has 108 valence electrons. The van der Waals surface area contributed by atoms with Gasteiger partial charge in [0.05, 0.1) is 18.1 Å². The average Bonchev–Trinajstić information content (AvgIpc) is 2.89. The predicted octanol–water partition coefficient (Wildman–Crippen LogP) is 3.19. The van der Waals surface area contributed by atoms with E-state index in [1.54, 1.807) is 7.11 Å². The van der Waals surface area contributed by atoms with Gasteiger partial charge in [-0.05, 0) is 32.0 Å². The van der Waals surface area contributed by atoms with Gasteiger partial charge in [0.15, 0.2) is 5.16 Å². The lowest BCUT2D eigenvalue weighted by Crippen LogP contribution is -2.38. The summed E-state index contributed by atoms with van der Waals surface area (Å²) in [4.78, 5) is 8.08. The number of aromatic nitrogens is 2. The SMILES string of the molecule is CNC1CCCCC1Sc1nc2ccc(OC)cc2[nH]1. The van der Waals surface area contributed by atoms with E-state index in [-0.39, 0.29) is 0 Å². The van der Waals surface area contributed by atoms with Crippen molar-refractivity contribution in [2.45, 2.75) is 42.1 Å². The zero-order valence-electron chi connectivity index (χ0n) is 12.0. The van der Waals surface area contributed by atoms with Gasteiger partial charge < -0.3 is 15.0 Å². The van der Waals surface area contributed by atoms with Gasteiger partial charge in [0.1, 0.15) is 5.75 Å². The van der Waals surface area contributed by atoms with Crippen LogP contribution in [0.5, 0.6) is 5.75 Å². The van der Waals surface area contributed by atoms with Crippen LogP contribution in [0.1, 0.15) is 25.7 Å². The van der Waals surface area contributed by atoms with E-state index in [9.17, 15) is 0 Å². The van der Waals surface area contributed by atoms with Crippen LogP contribution in [0.3, 0.4) is 0 Å². The third kappa shape index (κ3) is 2.79. The fraction of sp³-hybridized carbons (Fsp3) is 0.533. The van der Waals surface area contributed by atoms with Crippen molar-refractivity contribution in [3.8, 4) is 5.75 Å². The van der Waals surface area contributed by atoms with Crippen molar-refractivity contribution in [2.75, 3.05) is 14.2 Å². The van der Waals surface area contributed by atoms with E-state index in [1.807, 2.05) is 30.0 Å².